The molecule has 4 rings (SSSR count). The number of nitrogens with one attached hydrogen (secondary N) is 1. The van der Waals surface area contributed by atoms with Gasteiger partial charge in [-0.25, -0.2) is 4.79 Å². The number of allylic oxidation sites excluding steroid dienone is 1. The lowest BCUT2D eigenvalue weighted by atomic mass is 9.90. The smallest absolute Gasteiger partial charge is 0.318 e. The topological polar surface area (TPSA) is 35.6 Å². The number of urea groups is 1. The molecule has 2 amide bonds. The molecule has 1 saturated heterocycles. The number of rotatable bonds is 11. The molecule has 0 bridgehead atoms. The third kappa shape index (κ3) is 8.56. The van der Waals surface area contributed by atoms with Gasteiger partial charge in [0.1, 0.15) is 0 Å². The molecule has 1 aliphatic heterocycles. The molecule has 1 heterocycles. The zero-order chi connectivity index (χ0) is 27.7. The molecule has 3 aromatic carbocycles. The number of hydrogen-bond donors (Lipinski definition) is 1. The molecule has 1 fully saturated rings. The van der Waals surface area contributed by atoms with Crippen LogP contribution >= 0.6 is 0 Å². The van der Waals surface area contributed by atoms with Gasteiger partial charge in [-0.05, 0) is 100 Å². The van der Waals surface area contributed by atoms with Crippen molar-refractivity contribution in [1.82, 2.24) is 15.1 Å². The van der Waals surface area contributed by atoms with Crippen molar-refractivity contribution in [1.29, 1.82) is 0 Å². The highest BCUT2D eigenvalue weighted by Gasteiger charge is 2.26. The van der Waals surface area contributed by atoms with Crippen LogP contribution < -0.4 is 5.32 Å². The van der Waals surface area contributed by atoms with Crippen molar-refractivity contribution < 1.29 is 4.79 Å². The number of piperidine rings is 1. The second kappa shape index (κ2) is 13.6. The van der Waals surface area contributed by atoms with Crippen LogP contribution in [0.3, 0.4) is 0 Å². The average molecular weight is 524 g/mol. The van der Waals surface area contributed by atoms with Gasteiger partial charge in [0.25, 0.3) is 0 Å². The van der Waals surface area contributed by atoms with Crippen LogP contribution in [0, 0.1) is 5.92 Å². The second-order valence-corrected chi connectivity index (χ2v) is 11.7. The first-order chi connectivity index (χ1) is 18.8. The molecule has 1 N–H and O–H groups in total. The molecule has 0 atom stereocenters. The zero-order valence-electron chi connectivity index (χ0n) is 24.0. The van der Waals surface area contributed by atoms with E-state index in [0.29, 0.717) is 6.54 Å². The maximum absolute atomic E-state index is 13.6. The number of carbonyl (C=O) groups is 1. The Morgan fingerprint density at radius 2 is 1.59 bits per heavy atom. The molecular weight excluding hydrogens is 478 g/mol. The molecule has 0 radical (unpaired) electrons. The summed E-state index contributed by atoms with van der Waals surface area (Å²) in [7, 11) is 0. The van der Waals surface area contributed by atoms with Gasteiger partial charge in [0, 0.05) is 13.1 Å². The molecule has 0 unspecified atom stereocenters. The van der Waals surface area contributed by atoms with E-state index in [0.717, 1.165) is 60.8 Å². The van der Waals surface area contributed by atoms with Gasteiger partial charge in [-0.1, -0.05) is 91.0 Å². The van der Waals surface area contributed by atoms with Crippen LogP contribution in [0.15, 0.2) is 91.5 Å². The van der Waals surface area contributed by atoms with E-state index in [-0.39, 0.29) is 6.03 Å². The van der Waals surface area contributed by atoms with Crippen molar-refractivity contribution in [2.45, 2.75) is 58.5 Å². The third-order valence-corrected chi connectivity index (χ3v) is 7.98. The normalized spacial score (nSPS) is 14.6. The molecule has 0 spiro atoms. The van der Waals surface area contributed by atoms with Crippen LogP contribution in [-0.2, 0) is 18.5 Å². The molecule has 1 aliphatic rings. The standard InChI is InChI=1S/C35H45N3O/c1-28(2)32-17-11-18-33(26-32)35(3,4)36-34(39)38(27-31-15-9-6-10-16-31)22-12-21-37-23-19-30(20-24-37)25-29-13-7-5-8-14-29/h5-11,13-18,26,30H,1,12,19-25,27H2,2-4H3,(H,36,39). The summed E-state index contributed by atoms with van der Waals surface area (Å²) in [5, 5.41) is 3.32. The van der Waals surface area contributed by atoms with E-state index < -0.39 is 5.54 Å². The number of carbonyl (C=O) groups excluding carboxylic acids is 1. The Labute approximate surface area is 235 Å². The van der Waals surface area contributed by atoms with Gasteiger partial charge in [-0.15, -0.1) is 0 Å². The molecule has 4 nitrogen and oxygen atoms in total. The lowest BCUT2D eigenvalue weighted by molar-refractivity contribution is 0.162. The van der Waals surface area contributed by atoms with E-state index in [2.05, 4.69) is 91.3 Å². The van der Waals surface area contributed by atoms with Crippen LogP contribution in [0.4, 0.5) is 4.79 Å². The summed E-state index contributed by atoms with van der Waals surface area (Å²) in [5.74, 6) is 0.773. The van der Waals surface area contributed by atoms with Crippen LogP contribution in [0.2, 0.25) is 0 Å². The fourth-order valence-electron chi connectivity index (χ4n) is 5.49. The Balaban J connectivity index is 1.33. The summed E-state index contributed by atoms with van der Waals surface area (Å²) >= 11 is 0. The Bertz CT molecular complexity index is 1200. The van der Waals surface area contributed by atoms with Crippen molar-refractivity contribution in [3.05, 3.63) is 114 Å². The van der Waals surface area contributed by atoms with Crippen LogP contribution in [0.1, 0.15) is 62.3 Å². The summed E-state index contributed by atoms with van der Waals surface area (Å²) in [6, 6.07) is 29.5. The van der Waals surface area contributed by atoms with Gasteiger partial charge in [-0.2, -0.15) is 0 Å². The van der Waals surface area contributed by atoms with Crippen molar-refractivity contribution in [3.8, 4) is 0 Å². The average Bonchev–Trinajstić information content (AvgIpc) is 2.94. The predicted molar refractivity (Wildman–Crippen MR) is 163 cm³/mol. The molecule has 0 saturated carbocycles. The fourth-order valence-corrected chi connectivity index (χ4v) is 5.49. The summed E-state index contributed by atoms with van der Waals surface area (Å²) in [4.78, 5) is 18.2. The lowest BCUT2D eigenvalue weighted by Crippen LogP contribution is -2.49. The molecule has 0 aromatic heterocycles. The summed E-state index contributed by atoms with van der Waals surface area (Å²) in [6.45, 7) is 14.9. The molecular formula is C35H45N3O. The van der Waals surface area contributed by atoms with Gasteiger partial charge < -0.3 is 15.1 Å². The van der Waals surface area contributed by atoms with Gasteiger partial charge in [0.05, 0.1) is 5.54 Å². The highest BCUT2D eigenvalue weighted by atomic mass is 16.2. The van der Waals surface area contributed by atoms with Crippen LogP contribution in [0.25, 0.3) is 5.57 Å². The summed E-state index contributed by atoms with van der Waals surface area (Å²) < 4.78 is 0. The quantitative estimate of drug-likeness (QED) is 0.282. The first kappa shape index (κ1) is 28.6. The SMILES string of the molecule is C=C(C)c1cccc(C(C)(C)NC(=O)N(CCCN2CCC(Cc3ccccc3)CC2)Cc2ccccc2)c1. The van der Waals surface area contributed by atoms with Crippen LogP contribution in [0.5, 0.6) is 0 Å². The minimum absolute atomic E-state index is 0.0221. The van der Waals surface area contributed by atoms with Crippen molar-refractivity contribution >= 4 is 11.6 Å². The Morgan fingerprint density at radius 3 is 2.23 bits per heavy atom. The lowest BCUT2D eigenvalue weighted by Gasteiger charge is -2.34. The minimum atomic E-state index is -0.502. The first-order valence-electron chi connectivity index (χ1n) is 14.4. The number of amides is 2. The summed E-state index contributed by atoms with van der Waals surface area (Å²) in [5.41, 5.74) is 5.30. The predicted octanol–water partition coefficient (Wildman–Crippen LogP) is 7.51. The van der Waals surface area contributed by atoms with Gasteiger partial charge in [0.15, 0.2) is 0 Å². The molecule has 3 aromatic rings. The van der Waals surface area contributed by atoms with E-state index in [4.69, 9.17) is 0 Å². The molecule has 206 valence electrons. The minimum Gasteiger partial charge on any atom is -0.329 e. The number of benzene rings is 3. The van der Waals surface area contributed by atoms with E-state index in [1.165, 1.54) is 24.8 Å². The fraction of sp³-hybridized carbons (Fsp3) is 0.400. The Hall–Kier alpha value is -3.37. The van der Waals surface area contributed by atoms with Gasteiger partial charge in [0.2, 0.25) is 0 Å². The van der Waals surface area contributed by atoms with Crippen molar-refractivity contribution in [2.24, 2.45) is 5.92 Å². The number of nitrogens with zero attached hydrogens (tertiary/aromatic N) is 2. The number of hydrogen-bond acceptors (Lipinski definition) is 2. The van der Waals surface area contributed by atoms with Crippen molar-refractivity contribution in [3.63, 3.8) is 0 Å². The second-order valence-electron chi connectivity index (χ2n) is 11.7. The summed E-state index contributed by atoms with van der Waals surface area (Å²) in [6.07, 6.45) is 4.65. The van der Waals surface area contributed by atoms with Gasteiger partial charge in [-0.3, -0.25) is 0 Å². The highest BCUT2D eigenvalue weighted by molar-refractivity contribution is 5.75. The zero-order valence-corrected chi connectivity index (χ0v) is 24.0. The highest BCUT2D eigenvalue weighted by Crippen LogP contribution is 2.25. The Kier molecular flexibility index (Phi) is 10.00. The maximum atomic E-state index is 13.6. The molecule has 4 heteroatoms. The largest absolute Gasteiger partial charge is 0.329 e. The van der Waals surface area contributed by atoms with E-state index in [1.54, 1.807) is 0 Å². The molecule has 39 heavy (non-hydrogen) atoms. The Morgan fingerprint density at radius 1 is 0.949 bits per heavy atom. The van der Waals surface area contributed by atoms with Gasteiger partial charge >= 0.3 is 6.03 Å². The van der Waals surface area contributed by atoms with Crippen LogP contribution in [-0.4, -0.2) is 42.0 Å². The van der Waals surface area contributed by atoms with E-state index >= 15 is 0 Å². The number of likely N-dealkylation sites (tertiary alicyclic amines) is 1. The first-order valence-corrected chi connectivity index (χ1v) is 14.4. The van der Waals surface area contributed by atoms with Crippen molar-refractivity contribution in [2.75, 3.05) is 26.2 Å². The van der Waals surface area contributed by atoms with E-state index in [1.807, 2.05) is 36.1 Å². The third-order valence-electron chi connectivity index (χ3n) is 7.98. The maximum Gasteiger partial charge on any atom is 0.318 e. The molecule has 0 aliphatic carbocycles. The monoisotopic (exact) mass is 523 g/mol. The van der Waals surface area contributed by atoms with E-state index in [9.17, 15) is 4.79 Å².